The summed E-state index contributed by atoms with van der Waals surface area (Å²) in [5, 5.41) is 8.72. The fourth-order valence-electron chi connectivity index (χ4n) is 2.79. The second kappa shape index (κ2) is 7.29. The van der Waals surface area contributed by atoms with Crippen molar-refractivity contribution in [1.29, 1.82) is 0 Å². The Labute approximate surface area is 156 Å². The number of benzene rings is 2. The Morgan fingerprint density at radius 3 is 2.63 bits per heavy atom. The predicted molar refractivity (Wildman–Crippen MR) is 103 cm³/mol. The molecule has 2 heterocycles. The van der Waals surface area contributed by atoms with Gasteiger partial charge in [-0.05, 0) is 29.8 Å². The zero-order valence-corrected chi connectivity index (χ0v) is 14.8. The van der Waals surface area contributed by atoms with Gasteiger partial charge >= 0.3 is 0 Å². The molecule has 0 fully saturated rings. The van der Waals surface area contributed by atoms with Gasteiger partial charge in [0.25, 0.3) is 5.56 Å². The number of hydrogen-bond acceptors (Lipinski definition) is 4. The lowest BCUT2D eigenvalue weighted by atomic mass is 10.2. The minimum absolute atomic E-state index is 0.152. The van der Waals surface area contributed by atoms with Crippen molar-refractivity contribution in [3.63, 3.8) is 0 Å². The summed E-state index contributed by atoms with van der Waals surface area (Å²) in [4.78, 5) is 11.6. The van der Waals surface area contributed by atoms with Crippen molar-refractivity contribution in [1.82, 2.24) is 19.6 Å². The normalized spacial score (nSPS) is 10.7. The molecule has 2 aromatic carbocycles. The Hall–Kier alpha value is -3.67. The molecule has 0 aliphatic carbocycles. The molecule has 0 N–H and O–H groups in total. The third kappa shape index (κ3) is 3.64. The van der Waals surface area contributed by atoms with Gasteiger partial charge in [0.05, 0.1) is 17.6 Å². The highest BCUT2D eigenvalue weighted by molar-refractivity contribution is 5.57. The van der Waals surface area contributed by atoms with E-state index in [0.29, 0.717) is 12.3 Å². The molecule has 0 aliphatic heterocycles. The fraction of sp³-hybridized carbons (Fsp3) is 0.0952. The van der Waals surface area contributed by atoms with Crippen molar-refractivity contribution in [2.45, 2.75) is 6.61 Å². The topological polar surface area (TPSA) is 61.9 Å². The molecule has 0 unspecified atom stereocenters. The highest BCUT2D eigenvalue weighted by atomic mass is 16.5. The average molecular weight is 358 g/mol. The van der Waals surface area contributed by atoms with E-state index in [4.69, 9.17) is 4.74 Å². The van der Waals surface area contributed by atoms with Crippen LogP contribution in [0, 0.1) is 0 Å². The molecule has 0 saturated carbocycles. The van der Waals surface area contributed by atoms with E-state index in [1.165, 1.54) is 10.7 Å². The first-order chi connectivity index (χ1) is 13.2. The molecule has 4 rings (SSSR count). The van der Waals surface area contributed by atoms with Crippen LogP contribution in [-0.2, 0) is 13.7 Å². The third-order valence-corrected chi connectivity index (χ3v) is 4.18. The van der Waals surface area contributed by atoms with Gasteiger partial charge in [0, 0.05) is 19.2 Å². The summed E-state index contributed by atoms with van der Waals surface area (Å²) in [7, 11) is 1.63. The molecule has 6 heteroatoms. The second-order valence-electron chi connectivity index (χ2n) is 6.08. The van der Waals surface area contributed by atoms with E-state index in [2.05, 4.69) is 10.2 Å². The Balaban J connectivity index is 1.62. The number of aryl methyl sites for hydroxylation is 1. The summed E-state index contributed by atoms with van der Waals surface area (Å²) >= 11 is 0. The monoisotopic (exact) mass is 358 g/mol. The average Bonchev–Trinajstić information content (AvgIpc) is 3.19. The molecular formula is C21H18N4O2. The first-order valence-corrected chi connectivity index (χ1v) is 8.57. The van der Waals surface area contributed by atoms with Gasteiger partial charge in [-0.25, -0.2) is 9.36 Å². The van der Waals surface area contributed by atoms with Crippen LogP contribution in [0.1, 0.15) is 5.56 Å². The van der Waals surface area contributed by atoms with Crippen molar-refractivity contribution in [3.05, 3.63) is 94.9 Å². The van der Waals surface area contributed by atoms with Crippen molar-refractivity contribution in [2.24, 2.45) is 7.05 Å². The van der Waals surface area contributed by atoms with Crippen LogP contribution >= 0.6 is 0 Å². The van der Waals surface area contributed by atoms with Gasteiger partial charge in [-0.3, -0.25) is 4.79 Å². The van der Waals surface area contributed by atoms with Gasteiger partial charge in [-0.15, -0.1) is 0 Å². The number of aromatic nitrogens is 4. The minimum Gasteiger partial charge on any atom is -0.489 e. The molecule has 0 atom stereocenters. The maximum atomic E-state index is 11.6. The molecular weight excluding hydrogens is 340 g/mol. The number of ether oxygens (including phenoxy) is 1. The lowest BCUT2D eigenvalue weighted by Gasteiger charge is -2.11. The van der Waals surface area contributed by atoms with Crippen molar-refractivity contribution in [2.75, 3.05) is 0 Å². The molecule has 6 nitrogen and oxygen atoms in total. The number of nitrogens with zero attached hydrogens (tertiary/aromatic N) is 4. The maximum Gasteiger partial charge on any atom is 0.266 e. The first kappa shape index (κ1) is 16.8. The summed E-state index contributed by atoms with van der Waals surface area (Å²) < 4.78 is 9.00. The van der Waals surface area contributed by atoms with E-state index < -0.39 is 0 Å². The molecule has 4 aromatic rings. The summed E-state index contributed by atoms with van der Waals surface area (Å²) in [6.45, 7) is 0.499. The van der Waals surface area contributed by atoms with Crippen LogP contribution in [0.15, 0.2) is 83.8 Å². The molecule has 27 heavy (non-hydrogen) atoms. The van der Waals surface area contributed by atoms with Crippen LogP contribution in [0.5, 0.6) is 5.75 Å². The highest BCUT2D eigenvalue weighted by Crippen LogP contribution is 2.23. The number of hydrogen-bond donors (Lipinski definition) is 0. The molecule has 0 spiro atoms. The van der Waals surface area contributed by atoms with Crippen LogP contribution in [0.3, 0.4) is 0 Å². The van der Waals surface area contributed by atoms with E-state index >= 15 is 0 Å². The SMILES string of the molecule is Cn1nc(-c2ccnn2-c2cccc(OCc3ccccc3)c2)ccc1=O. The molecule has 134 valence electrons. The van der Waals surface area contributed by atoms with Gasteiger partial charge in [-0.1, -0.05) is 36.4 Å². The summed E-state index contributed by atoms with van der Waals surface area (Å²) in [5.41, 5.74) is 3.28. The van der Waals surface area contributed by atoms with E-state index in [-0.39, 0.29) is 5.56 Å². The van der Waals surface area contributed by atoms with Crippen LogP contribution in [0.2, 0.25) is 0 Å². The van der Waals surface area contributed by atoms with E-state index in [1.807, 2.05) is 60.7 Å². The molecule has 0 bridgehead atoms. The maximum absolute atomic E-state index is 11.6. The second-order valence-corrected chi connectivity index (χ2v) is 6.08. The van der Waals surface area contributed by atoms with E-state index in [0.717, 1.165) is 22.7 Å². The predicted octanol–water partition coefficient (Wildman–Crippen LogP) is 3.21. The Kier molecular flexibility index (Phi) is 4.53. The quantitative estimate of drug-likeness (QED) is 0.550. The molecule has 0 aliphatic rings. The Morgan fingerprint density at radius 2 is 1.81 bits per heavy atom. The van der Waals surface area contributed by atoms with E-state index in [1.54, 1.807) is 24.0 Å². The lowest BCUT2D eigenvalue weighted by Crippen LogP contribution is -2.18. The molecule has 0 saturated heterocycles. The van der Waals surface area contributed by atoms with Crippen LogP contribution < -0.4 is 10.3 Å². The largest absolute Gasteiger partial charge is 0.489 e. The van der Waals surface area contributed by atoms with E-state index in [9.17, 15) is 4.79 Å². The van der Waals surface area contributed by atoms with Gasteiger partial charge < -0.3 is 4.74 Å². The Morgan fingerprint density at radius 1 is 0.963 bits per heavy atom. The smallest absolute Gasteiger partial charge is 0.266 e. The Bertz CT molecular complexity index is 1120. The summed E-state index contributed by atoms with van der Waals surface area (Å²) in [6, 6.07) is 22.8. The van der Waals surface area contributed by atoms with Gasteiger partial charge in [0.1, 0.15) is 18.1 Å². The lowest BCUT2D eigenvalue weighted by molar-refractivity contribution is 0.306. The summed E-state index contributed by atoms with van der Waals surface area (Å²) in [5.74, 6) is 0.756. The molecule has 0 amide bonds. The van der Waals surface area contributed by atoms with Crippen molar-refractivity contribution < 1.29 is 4.74 Å². The van der Waals surface area contributed by atoms with Crippen LogP contribution in [0.4, 0.5) is 0 Å². The van der Waals surface area contributed by atoms with Crippen LogP contribution in [-0.4, -0.2) is 19.6 Å². The van der Waals surface area contributed by atoms with Crippen molar-refractivity contribution in [3.8, 4) is 22.8 Å². The zero-order chi connectivity index (χ0) is 18.6. The third-order valence-electron chi connectivity index (χ3n) is 4.18. The molecule has 2 aromatic heterocycles. The minimum atomic E-state index is -0.152. The van der Waals surface area contributed by atoms with Gasteiger partial charge in [0.15, 0.2) is 0 Å². The molecule has 0 radical (unpaired) electrons. The first-order valence-electron chi connectivity index (χ1n) is 8.57. The van der Waals surface area contributed by atoms with Gasteiger partial charge in [-0.2, -0.15) is 10.2 Å². The highest BCUT2D eigenvalue weighted by Gasteiger charge is 2.10. The van der Waals surface area contributed by atoms with Crippen molar-refractivity contribution >= 4 is 0 Å². The fourth-order valence-corrected chi connectivity index (χ4v) is 2.79. The number of rotatable bonds is 5. The standard InChI is InChI=1S/C21H18N4O2/c1-24-21(26)11-10-19(23-24)20-12-13-22-25(20)17-8-5-9-18(14-17)27-15-16-6-3-2-4-7-16/h2-14H,15H2,1H3. The van der Waals surface area contributed by atoms with Gasteiger partial charge in [0.2, 0.25) is 0 Å². The zero-order valence-electron chi connectivity index (χ0n) is 14.8. The van der Waals surface area contributed by atoms with Crippen LogP contribution in [0.25, 0.3) is 17.1 Å². The summed E-state index contributed by atoms with van der Waals surface area (Å²) in [6.07, 6.45) is 1.71.